The van der Waals surface area contributed by atoms with Crippen molar-refractivity contribution < 1.29 is 14.7 Å². The minimum Gasteiger partial charge on any atom is -0.508 e. The largest absolute Gasteiger partial charge is 0.508 e. The maximum absolute atomic E-state index is 12.6. The number of phenols is 1. The molecule has 2 aliphatic heterocycles. The van der Waals surface area contributed by atoms with Gasteiger partial charge < -0.3 is 19.8 Å². The van der Waals surface area contributed by atoms with Crippen LogP contribution in [0.4, 0.5) is 0 Å². The molecule has 0 unspecified atom stereocenters. The summed E-state index contributed by atoms with van der Waals surface area (Å²) in [5.74, 6) is 0.474. The summed E-state index contributed by atoms with van der Waals surface area (Å²) in [6.45, 7) is 4.73. The van der Waals surface area contributed by atoms with Gasteiger partial charge in [0.25, 0.3) is 0 Å². The zero-order valence-electron chi connectivity index (χ0n) is 14.9. The zero-order chi connectivity index (χ0) is 17.8. The van der Waals surface area contributed by atoms with Gasteiger partial charge >= 0.3 is 0 Å². The van der Waals surface area contributed by atoms with Crippen LogP contribution in [0, 0.1) is 5.92 Å². The van der Waals surface area contributed by atoms with Crippen molar-refractivity contribution in [2.45, 2.75) is 19.3 Å². The summed E-state index contributed by atoms with van der Waals surface area (Å²) in [6, 6.07) is 6.95. The second kappa shape index (κ2) is 7.87. The molecule has 25 heavy (non-hydrogen) atoms. The first-order chi connectivity index (χ1) is 12.0. The minimum absolute atomic E-state index is 0.0204. The van der Waals surface area contributed by atoms with E-state index in [1.165, 1.54) is 0 Å². The lowest BCUT2D eigenvalue weighted by Crippen LogP contribution is -2.51. The topological polar surface area (TPSA) is 64.1 Å². The molecule has 6 nitrogen and oxygen atoms in total. The molecule has 0 bridgehead atoms. The highest BCUT2D eigenvalue weighted by Crippen LogP contribution is 2.22. The molecule has 2 aliphatic rings. The lowest BCUT2D eigenvalue weighted by Gasteiger charge is -2.37. The van der Waals surface area contributed by atoms with Crippen LogP contribution in [0.25, 0.3) is 0 Å². The fourth-order valence-corrected chi connectivity index (χ4v) is 3.60. The number of amides is 2. The number of benzene rings is 1. The Balaban J connectivity index is 1.49. The molecule has 2 saturated heterocycles. The Morgan fingerprint density at radius 2 is 1.64 bits per heavy atom. The summed E-state index contributed by atoms with van der Waals surface area (Å²) in [6.07, 6.45) is 1.68. The second-order valence-electron chi connectivity index (χ2n) is 7.09. The van der Waals surface area contributed by atoms with E-state index in [1.807, 2.05) is 15.9 Å². The van der Waals surface area contributed by atoms with E-state index in [0.29, 0.717) is 18.7 Å². The number of piperazine rings is 1. The van der Waals surface area contributed by atoms with Crippen molar-refractivity contribution in [1.29, 1.82) is 0 Å². The van der Waals surface area contributed by atoms with Gasteiger partial charge in [-0.25, -0.2) is 0 Å². The number of carbonyl (C=O) groups is 2. The average molecular weight is 345 g/mol. The third-order valence-electron chi connectivity index (χ3n) is 5.35. The summed E-state index contributed by atoms with van der Waals surface area (Å²) in [5.41, 5.74) is 0.656. The normalized spacial score (nSPS) is 19.9. The lowest BCUT2D eigenvalue weighted by atomic mass is 9.94. The van der Waals surface area contributed by atoms with Crippen LogP contribution in [-0.2, 0) is 16.0 Å². The molecule has 0 aliphatic carbocycles. The van der Waals surface area contributed by atoms with Gasteiger partial charge in [-0.15, -0.1) is 0 Å². The number of carbonyl (C=O) groups excluding carboxylic acids is 2. The predicted octanol–water partition coefficient (Wildman–Crippen LogP) is 0.947. The van der Waals surface area contributed by atoms with Crippen LogP contribution in [0.2, 0.25) is 0 Å². The van der Waals surface area contributed by atoms with Crippen molar-refractivity contribution in [1.82, 2.24) is 14.7 Å². The highest BCUT2D eigenvalue weighted by molar-refractivity contribution is 5.81. The van der Waals surface area contributed by atoms with Gasteiger partial charge in [-0.1, -0.05) is 18.2 Å². The van der Waals surface area contributed by atoms with Gasteiger partial charge in [0.2, 0.25) is 11.8 Å². The summed E-state index contributed by atoms with van der Waals surface area (Å²) in [7, 11) is 2.08. The molecule has 0 radical (unpaired) electrons. The minimum atomic E-state index is 0.0204. The maximum Gasteiger partial charge on any atom is 0.227 e. The van der Waals surface area contributed by atoms with Gasteiger partial charge in [0.15, 0.2) is 0 Å². The molecule has 136 valence electrons. The van der Waals surface area contributed by atoms with Crippen molar-refractivity contribution in [2.24, 2.45) is 5.92 Å². The average Bonchev–Trinajstić information content (AvgIpc) is 2.64. The third kappa shape index (κ3) is 4.31. The molecule has 3 rings (SSSR count). The Kier molecular flexibility index (Phi) is 5.58. The number of phenolic OH excluding ortho intramolecular Hbond substituents is 1. The highest BCUT2D eigenvalue weighted by Gasteiger charge is 2.31. The van der Waals surface area contributed by atoms with Crippen molar-refractivity contribution >= 4 is 11.8 Å². The van der Waals surface area contributed by atoms with Crippen molar-refractivity contribution in [3.63, 3.8) is 0 Å². The number of hydrogen-bond donors (Lipinski definition) is 1. The van der Waals surface area contributed by atoms with Crippen LogP contribution in [-0.4, -0.2) is 77.9 Å². The lowest BCUT2D eigenvalue weighted by molar-refractivity contribution is -0.141. The van der Waals surface area contributed by atoms with Gasteiger partial charge in [-0.3, -0.25) is 9.59 Å². The number of piperidine rings is 1. The Morgan fingerprint density at radius 1 is 1.00 bits per heavy atom. The number of hydrogen-bond acceptors (Lipinski definition) is 4. The number of rotatable bonds is 3. The third-order valence-corrected chi connectivity index (χ3v) is 5.35. The van der Waals surface area contributed by atoms with E-state index in [-0.39, 0.29) is 29.9 Å². The van der Waals surface area contributed by atoms with E-state index in [4.69, 9.17) is 0 Å². The number of likely N-dealkylation sites (N-methyl/N-ethyl adjacent to an activating group) is 1. The summed E-state index contributed by atoms with van der Waals surface area (Å²) in [5, 5.41) is 9.81. The predicted molar refractivity (Wildman–Crippen MR) is 95.2 cm³/mol. The summed E-state index contributed by atoms with van der Waals surface area (Å²) >= 11 is 0. The van der Waals surface area contributed by atoms with E-state index >= 15 is 0 Å². The fourth-order valence-electron chi connectivity index (χ4n) is 3.60. The van der Waals surface area contributed by atoms with Crippen molar-refractivity contribution in [3.05, 3.63) is 29.8 Å². The smallest absolute Gasteiger partial charge is 0.227 e. The summed E-state index contributed by atoms with van der Waals surface area (Å²) < 4.78 is 0. The summed E-state index contributed by atoms with van der Waals surface area (Å²) in [4.78, 5) is 31.1. The van der Waals surface area contributed by atoms with Gasteiger partial charge in [0.1, 0.15) is 5.75 Å². The van der Waals surface area contributed by atoms with E-state index in [1.54, 1.807) is 18.2 Å². The molecule has 1 aromatic carbocycles. The molecule has 2 heterocycles. The van der Waals surface area contributed by atoms with E-state index in [9.17, 15) is 14.7 Å². The molecule has 2 fully saturated rings. The number of aromatic hydroxyl groups is 1. The highest BCUT2D eigenvalue weighted by atomic mass is 16.3. The van der Waals surface area contributed by atoms with Crippen molar-refractivity contribution in [2.75, 3.05) is 46.3 Å². The van der Waals surface area contributed by atoms with Gasteiger partial charge in [0.05, 0.1) is 6.42 Å². The van der Waals surface area contributed by atoms with Crippen LogP contribution < -0.4 is 0 Å². The van der Waals surface area contributed by atoms with Gasteiger partial charge in [-0.2, -0.15) is 0 Å². The van der Waals surface area contributed by atoms with E-state index < -0.39 is 0 Å². The maximum atomic E-state index is 12.6. The first-order valence-electron chi connectivity index (χ1n) is 9.06. The molecule has 6 heteroatoms. The van der Waals surface area contributed by atoms with Crippen LogP contribution in [0.15, 0.2) is 24.3 Å². The number of nitrogens with zero attached hydrogens (tertiary/aromatic N) is 3. The van der Waals surface area contributed by atoms with E-state index in [2.05, 4.69) is 11.9 Å². The van der Waals surface area contributed by atoms with E-state index in [0.717, 1.165) is 39.0 Å². The van der Waals surface area contributed by atoms with Gasteiger partial charge in [0, 0.05) is 50.7 Å². The monoisotopic (exact) mass is 345 g/mol. The Hall–Kier alpha value is -2.08. The first-order valence-corrected chi connectivity index (χ1v) is 9.06. The molecule has 0 saturated carbocycles. The molecule has 1 aromatic rings. The SMILES string of the molecule is CN1CCN(C(=O)C2CCN(C(=O)Cc3ccccc3O)CC2)CC1. The van der Waals surface area contributed by atoms with Gasteiger partial charge in [-0.05, 0) is 26.0 Å². The fraction of sp³-hybridized carbons (Fsp3) is 0.579. The Labute approximate surface area is 149 Å². The molecule has 0 spiro atoms. The first kappa shape index (κ1) is 17.7. The molecule has 2 amide bonds. The molecule has 0 atom stereocenters. The Morgan fingerprint density at radius 3 is 2.28 bits per heavy atom. The van der Waals surface area contributed by atoms with Crippen LogP contribution in [0.1, 0.15) is 18.4 Å². The molecular formula is C19H27N3O3. The van der Waals surface area contributed by atoms with Crippen LogP contribution in [0.5, 0.6) is 5.75 Å². The van der Waals surface area contributed by atoms with Crippen molar-refractivity contribution in [3.8, 4) is 5.75 Å². The van der Waals surface area contributed by atoms with Crippen LogP contribution in [0.3, 0.4) is 0 Å². The molecular weight excluding hydrogens is 318 g/mol. The Bertz CT molecular complexity index is 618. The number of likely N-dealkylation sites (tertiary alicyclic amines) is 1. The molecule has 1 N–H and O–H groups in total. The quantitative estimate of drug-likeness (QED) is 0.886. The van der Waals surface area contributed by atoms with Crippen LogP contribution >= 0.6 is 0 Å². The standard InChI is InChI=1S/C19H27N3O3/c1-20-10-12-22(13-11-20)19(25)15-6-8-21(9-7-15)18(24)14-16-4-2-3-5-17(16)23/h2-5,15,23H,6-14H2,1H3. The zero-order valence-corrected chi connectivity index (χ0v) is 14.9. The second-order valence-corrected chi connectivity index (χ2v) is 7.09. The molecule has 0 aromatic heterocycles. The number of para-hydroxylation sites is 1.